The molecular formula is C31H31BrFIN4O5. The van der Waals surface area contributed by atoms with Crippen molar-refractivity contribution >= 4 is 50.5 Å². The normalized spacial score (nSPS) is 11.9. The summed E-state index contributed by atoms with van der Waals surface area (Å²) in [5.74, 6) is -0.834. The molecule has 0 radical (unpaired) electrons. The number of nitrogens with one attached hydrogen (secondary N) is 3. The maximum absolute atomic E-state index is 13.6. The van der Waals surface area contributed by atoms with Crippen LogP contribution in [-0.2, 0) is 16.0 Å². The fraction of sp³-hybridized carbons (Fsp3) is 0.226. The van der Waals surface area contributed by atoms with Gasteiger partial charge in [-0.25, -0.2) is 18.5 Å². The molecule has 1 heterocycles. The lowest BCUT2D eigenvalue weighted by Crippen LogP contribution is -3.00. The highest BCUT2D eigenvalue weighted by molar-refractivity contribution is 9.10. The fourth-order valence-corrected chi connectivity index (χ4v) is 4.80. The fourth-order valence-electron chi connectivity index (χ4n) is 4.29. The largest absolute Gasteiger partial charge is 1.00 e. The van der Waals surface area contributed by atoms with Gasteiger partial charge in [-0.05, 0) is 58.1 Å². The molecule has 3 N–H and O–H groups in total. The van der Waals surface area contributed by atoms with E-state index in [0.717, 1.165) is 28.2 Å². The first-order chi connectivity index (χ1) is 20.2. The average molecular weight is 765 g/mol. The molecule has 0 fully saturated rings. The number of hydrogen-bond donors (Lipinski definition) is 3. The second kappa shape index (κ2) is 16.2. The lowest BCUT2D eigenvalue weighted by atomic mass is 10.1. The lowest BCUT2D eigenvalue weighted by molar-refractivity contribution is -0.697. The molecule has 1 aromatic heterocycles. The van der Waals surface area contributed by atoms with Gasteiger partial charge in [0.05, 0.1) is 16.7 Å². The first-order valence-electron chi connectivity index (χ1n) is 13.4. The van der Waals surface area contributed by atoms with Crippen LogP contribution in [0.1, 0.15) is 42.3 Å². The van der Waals surface area contributed by atoms with E-state index in [1.54, 1.807) is 18.3 Å². The molecule has 4 aromatic rings. The predicted octanol–water partition coefficient (Wildman–Crippen LogP) is 3.23. The van der Waals surface area contributed by atoms with Gasteiger partial charge in [-0.1, -0.05) is 55.5 Å². The second-order valence-electron chi connectivity index (χ2n) is 9.48. The number of fused-ring (bicyclic) bond motifs is 1. The summed E-state index contributed by atoms with van der Waals surface area (Å²) in [6, 6.07) is 20.1. The number of aryl methyl sites for hydroxylation is 1. The van der Waals surface area contributed by atoms with Crippen molar-refractivity contribution in [2.24, 2.45) is 0 Å². The van der Waals surface area contributed by atoms with Crippen molar-refractivity contribution in [1.29, 1.82) is 0 Å². The monoisotopic (exact) mass is 764 g/mol. The molecule has 0 spiro atoms. The predicted molar refractivity (Wildman–Crippen MR) is 159 cm³/mol. The number of aromatic nitrogens is 1. The SMILES string of the molecule is CCC[n+]1cc(Br)cc(C(=O)NCC(OC(=O)NC(C)OC(=O)Nc2cccc3ccccc23)c2ccc(F)cc2)c1.[I-]. The topological polar surface area (TPSA) is 110 Å². The molecule has 0 saturated heterocycles. The van der Waals surface area contributed by atoms with Gasteiger partial charge in [-0.2, -0.15) is 0 Å². The number of nitrogens with zero attached hydrogens (tertiary/aromatic N) is 1. The first kappa shape index (κ1) is 33.7. The van der Waals surface area contributed by atoms with E-state index in [2.05, 4.69) is 31.9 Å². The summed E-state index contributed by atoms with van der Waals surface area (Å²) in [4.78, 5) is 38.2. The van der Waals surface area contributed by atoms with Crippen molar-refractivity contribution in [3.8, 4) is 0 Å². The number of hydrogen-bond acceptors (Lipinski definition) is 5. The minimum atomic E-state index is -1.05. The van der Waals surface area contributed by atoms with Gasteiger partial charge in [-0.15, -0.1) is 0 Å². The minimum absolute atomic E-state index is 0. The number of anilines is 1. The Hall–Kier alpha value is -3.78. The number of rotatable bonds is 10. The van der Waals surface area contributed by atoms with E-state index in [4.69, 9.17) is 9.47 Å². The van der Waals surface area contributed by atoms with Crippen molar-refractivity contribution in [2.45, 2.75) is 39.1 Å². The highest BCUT2D eigenvalue weighted by Gasteiger charge is 2.22. The highest BCUT2D eigenvalue weighted by atomic mass is 127. The molecule has 2 atom stereocenters. The summed E-state index contributed by atoms with van der Waals surface area (Å²) < 4.78 is 27.1. The van der Waals surface area contributed by atoms with Crippen LogP contribution >= 0.6 is 15.9 Å². The van der Waals surface area contributed by atoms with Gasteiger partial charge in [0.1, 0.15) is 24.0 Å². The summed E-state index contributed by atoms with van der Waals surface area (Å²) >= 11 is 3.42. The summed E-state index contributed by atoms with van der Waals surface area (Å²) in [5, 5.41) is 9.70. The quantitative estimate of drug-likeness (QED) is 0.131. The van der Waals surface area contributed by atoms with Gasteiger partial charge in [0.25, 0.3) is 5.91 Å². The summed E-state index contributed by atoms with van der Waals surface area (Å²) in [7, 11) is 0. The lowest BCUT2D eigenvalue weighted by Gasteiger charge is -2.21. The van der Waals surface area contributed by atoms with Crippen LogP contribution in [0, 0.1) is 5.82 Å². The van der Waals surface area contributed by atoms with Gasteiger partial charge >= 0.3 is 12.2 Å². The van der Waals surface area contributed by atoms with Crippen molar-refractivity contribution in [2.75, 3.05) is 11.9 Å². The summed E-state index contributed by atoms with van der Waals surface area (Å²) in [6.07, 6.45) is 0.827. The molecule has 226 valence electrons. The van der Waals surface area contributed by atoms with Crippen LogP contribution in [0.5, 0.6) is 0 Å². The molecule has 0 aliphatic heterocycles. The van der Waals surface area contributed by atoms with E-state index in [9.17, 15) is 18.8 Å². The zero-order chi connectivity index (χ0) is 30.1. The van der Waals surface area contributed by atoms with E-state index in [1.807, 2.05) is 54.1 Å². The smallest absolute Gasteiger partial charge is 0.413 e. The van der Waals surface area contributed by atoms with Gasteiger partial charge in [0.2, 0.25) is 0 Å². The number of pyridine rings is 1. The number of benzene rings is 3. The highest BCUT2D eigenvalue weighted by Crippen LogP contribution is 2.23. The van der Waals surface area contributed by atoms with Crippen molar-refractivity contribution < 1.29 is 56.8 Å². The van der Waals surface area contributed by atoms with Crippen LogP contribution in [0.2, 0.25) is 0 Å². The molecular weight excluding hydrogens is 734 g/mol. The van der Waals surface area contributed by atoms with E-state index in [0.29, 0.717) is 16.8 Å². The molecule has 3 amide bonds. The zero-order valence-corrected chi connectivity index (χ0v) is 27.2. The molecule has 0 aliphatic carbocycles. The summed E-state index contributed by atoms with van der Waals surface area (Å²) in [6.45, 7) is 4.15. The van der Waals surface area contributed by atoms with Gasteiger partial charge in [-0.3, -0.25) is 15.4 Å². The third kappa shape index (κ3) is 9.89. The van der Waals surface area contributed by atoms with Gasteiger partial charge < -0.3 is 38.8 Å². The van der Waals surface area contributed by atoms with Crippen LogP contribution in [0.15, 0.2) is 89.7 Å². The zero-order valence-electron chi connectivity index (χ0n) is 23.5. The third-order valence-electron chi connectivity index (χ3n) is 6.20. The Morgan fingerprint density at radius 3 is 2.42 bits per heavy atom. The molecule has 4 rings (SSSR count). The third-order valence-corrected chi connectivity index (χ3v) is 6.64. The van der Waals surface area contributed by atoms with Crippen molar-refractivity contribution in [1.82, 2.24) is 10.6 Å². The molecule has 43 heavy (non-hydrogen) atoms. The Morgan fingerprint density at radius 1 is 0.953 bits per heavy atom. The van der Waals surface area contributed by atoms with Crippen LogP contribution in [0.4, 0.5) is 19.7 Å². The molecule has 2 unspecified atom stereocenters. The van der Waals surface area contributed by atoms with E-state index >= 15 is 0 Å². The minimum Gasteiger partial charge on any atom is -1.00 e. The number of alkyl carbamates (subject to hydrolysis) is 1. The number of ether oxygens (including phenoxy) is 2. The molecule has 9 nitrogen and oxygen atoms in total. The molecule has 0 saturated carbocycles. The van der Waals surface area contributed by atoms with Gasteiger partial charge in [0, 0.05) is 11.8 Å². The van der Waals surface area contributed by atoms with E-state index in [1.165, 1.54) is 31.2 Å². The van der Waals surface area contributed by atoms with Crippen LogP contribution < -0.4 is 44.5 Å². The first-order valence-corrected chi connectivity index (χ1v) is 14.2. The Bertz CT molecular complexity index is 1570. The standard InChI is InChI=1S/C31H30BrFN4O5.HI/c1-3-15-37-18-23(16-24(32)19-37)29(38)34-17-28(22-11-13-25(33)14-12-22)42-30(39)35-20(2)41-31(40)36-27-10-6-8-21-7-4-5-9-26(21)27;/h4-14,16,18-20,28H,3,15,17H2,1-2H3,(H2-,34,35,36,38,39,40);1H. The maximum Gasteiger partial charge on any atom is 0.413 e. The van der Waals surface area contributed by atoms with Crippen LogP contribution in [-0.4, -0.2) is 30.9 Å². The van der Waals surface area contributed by atoms with Crippen LogP contribution in [0.25, 0.3) is 10.8 Å². The Kier molecular flexibility index (Phi) is 12.7. The number of halogens is 3. The number of carbonyl (C=O) groups excluding carboxylic acids is 3. The average Bonchev–Trinajstić information content (AvgIpc) is 2.95. The van der Waals surface area contributed by atoms with E-state index in [-0.39, 0.29) is 36.4 Å². The van der Waals surface area contributed by atoms with Crippen molar-refractivity contribution in [3.05, 3.63) is 107 Å². The molecule has 12 heteroatoms. The van der Waals surface area contributed by atoms with Crippen molar-refractivity contribution in [3.63, 3.8) is 0 Å². The van der Waals surface area contributed by atoms with Gasteiger partial charge in [0.15, 0.2) is 18.6 Å². The maximum atomic E-state index is 13.6. The number of amides is 3. The molecule has 0 aliphatic rings. The Labute approximate surface area is 274 Å². The molecule has 3 aromatic carbocycles. The molecule has 0 bridgehead atoms. The summed E-state index contributed by atoms with van der Waals surface area (Å²) in [5.41, 5.74) is 1.44. The Balaban J connectivity index is 0.00000506. The number of carbonyl (C=O) groups is 3. The van der Waals surface area contributed by atoms with E-state index < -0.39 is 30.3 Å². The second-order valence-corrected chi connectivity index (χ2v) is 10.4. The van der Waals surface area contributed by atoms with Crippen LogP contribution in [0.3, 0.4) is 0 Å². The Morgan fingerprint density at radius 2 is 1.67 bits per heavy atom.